The highest BCUT2D eigenvalue weighted by Crippen LogP contribution is 2.16. The number of carbonyl (C=O) groups is 2. The van der Waals surface area contributed by atoms with Crippen LogP contribution in [0.4, 0.5) is 0 Å². The Morgan fingerprint density at radius 3 is 2.22 bits per heavy atom. The lowest BCUT2D eigenvalue weighted by molar-refractivity contribution is -0.139. The molecule has 0 spiro atoms. The monoisotopic (exact) mass is 370 g/mol. The molecule has 3 N–H and O–H groups in total. The minimum atomic E-state index is -1.17. The number of nitrogens with one attached hydrogen (secondary N) is 2. The molecular weight excluding hydrogens is 344 g/mol. The van der Waals surface area contributed by atoms with Crippen molar-refractivity contribution in [2.75, 3.05) is 20.2 Å². The molecule has 0 heterocycles. The summed E-state index contributed by atoms with van der Waals surface area (Å²) in [5.41, 5.74) is 0.817. The molecule has 1 atom stereocenters. The number of methoxy groups -OCH3 is 1. The molecule has 0 aliphatic carbocycles. The summed E-state index contributed by atoms with van der Waals surface area (Å²) in [6, 6.07) is 17.0. The summed E-state index contributed by atoms with van der Waals surface area (Å²) in [6.07, 6.45) is 0.988. The van der Waals surface area contributed by atoms with E-state index in [-0.39, 0.29) is 6.54 Å². The van der Waals surface area contributed by atoms with E-state index in [4.69, 9.17) is 4.74 Å². The van der Waals surface area contributed by atoms with Gasteiger partial charge in [0.25, 0.3) is 0 Å². The number of aliphatic hydroxyl groups is 1. The van der Waals surface area contributed by atoms with Crippen molar-refractivity contribution in [2.45, 2.75) is 25.4 Å². The van der Waals surface area contributed by atoms with Gasteiger partial charge in [0.2, 0.25) is 0 Å². The smallest absolute Gasteiger partial charge is 0.309 e. The minimum Gasteiger partial charge on any atom is -0.497 e. The predicted octanol–water partition coefficient (Wildman–Crippen LogP) is 1.46. The first-order valence-electron chi connectivity index (χ1n) is 8.85. The summed E-state index contributed by atoms with van der Waals surface area (Å²) < 4.78 is 5.10. The SMILES string of the molecule is COc1ccc(CC(C)(O)CNC(=O)C(=O)NCCc2ccccc2)cc1. The summed E-state index contributed by atoms with van der Waals surface area (Å²) in [5, 5.41) is 15.5. The minimum absolute atomic E-state index is 0.0238. The molecule has 0 radical (unpaired) electrons. The zero-order valence-electron chi connectivity index (χ0n) is 15.7. The van der Waals surface area contributed by atoms with E-state index in [1.165, 1.54) is 0 Å². The normalized spacial score (nSPS) is 12.7. The van der Waals surface area contributed by atoms with Crippen molar-refractivity contribution in [3.05, 3.63) is 65.7 Å². The summed E-state index contributed by atoms with van der Waals surface area (Å²) >= 11 is 0. The second-order valence-electron chi connectivity index (χ2n) is 6.70. The highest BCUT2D eigenvalue weighted by molar-refractivity contribution is 6.35. The third-order valence-corrected chi connectivity index (χ3v) is 4.12. The largest absolute Gasteiger partial charge is 0.497 e. The Bertz CT molecular complexity index is 743. The van der Waals surface area contributed by atoms with Crippen LogP contribution < -0.4 is 15.4 Å². The van der Waals surface area contributed by atoms with E-state index in [0.29, 0.717) is 19.4 Å². The molecule has 144 valence electrons. The van der Waals surface area contributed by atoms with Gasteiger partial charge in [-0.2, -0.15) is 0 Å². The number of hydrogen-bond acceptors (Lipinski definition) is 4. The molecule has 0 bridgehead atoms. The Balaban J connectivity index is 1.74. The third-order valence-electron chi connectivity index (χ3n) is 4.12. The van der Waals surface area contributed by atoms with Crippen LogP contribution in [-0.2, 0) is 22.4 Å². The van der Waals surface area contributed by atoms with Crippen LogP contribution in [0.1, 0.15) is 18.1 Å². The second kappa shape index (κ2) is 9.73. The van der Waals surface area contributed by atoms with Crippen LogP contribution in [0.3, 0.4) is 0 Å². The molecule has 2 amide bonds. The number of rotatable bonds is 8. The van der Waals surface area contributed by atoms with Gasteiger partial charge in [-0.1, -0.05) is 42.5 Å². The van der Waals surface area contributed by atoms with Crippen molar-refractivity contribution in [3.8, 4) is 5.75 Å². The van der Waals surface area contributed by atoms with Crippen LogP contribution in [0.5, 0.6) is 5.75 Å². The van der Waals surface area contributed by atoms with Crippen molar-refractivity contribution >= 4 is 11.8 Å². The number of amides is 2. The van der Waals surface area contributed by atoms with Gasteiger partial charge >= 0.3 is 11.8 Å². The molecular formula is C21H26N2O4. The summed E-state index contributed by atoms with van der Waals surface area (Å²) in [7, 11) is 1.59. The van der Waals surface area contributed by atoms with Crippen molar-refractivity contribution in [2.24, 2.45) is 0 Å². The van der Waals surface area contributed by atoms with E-state index >= 15 is 0 Å². The summed E-state index contributed by atoms with van der Waals surface area (Å²) in [4.78, 5) is 23.8. The van der Waals surface area contributed by atoms with Gasteiger partial charge in [0.15, 0.2) is 0 Å². The zero-order chi connectivity index (χ0) is 19.7. The molecule has 0 aliphatic heterocycles. The fraction of sp³-hybridized carbons (Fsp3) is 0.333. The lowest BCUT2D eigenvalue weighted by atomic mass is 9.96. The quantitative estimate of drug-likeness (QED) is 0.614. The zero-order valence-corrected chi connectivity index (χ0v) is 15.7. The number of hydrogen-bond donors (Lipinski definition) is 3. The van der Waals surface area contributed by atoms with Crippen molar-refractivity contribution in [1.82, 2.24) is 10.6 Å². The van der Waals surface area contributed by atoms with Crippen molar-refractivity contribution < 1.29 is 19.4 Å². The third kappa shape index (κ3) is 7.11. The maximum Gasteiger partial charge on any atom is 0.309 e. The highest BCUT2D eigenvalue weighted by atomic mass is 16.5. The molecule has 0 saturated carbocycles. The maximum absolute atomic E-state index is 11.9. The average Bonchev–Trinajstić information content (AvgIpc) is 2.67. The Hall–Kier alpha value is -2.86. The van der Waals surface area contributed by atoms with Crippen molar-refractivity contribution in [3.63, 3.8) is 0 Å². The van der Waals surface area contributed by atoms with E-state index in [2.05, 4.69) is 10.6 Å². The predicted molar refractivity (Wildman–Crippen MR) is 103 cm³/mol. The fourth-order valence-corrected chi connectivity index (χ4v) is 2.64. The van der Waals surface area contributed by atoms with Crippen LogP contribution in [-0.4, -0.2) is 42.7 Å². The van der Waals surface area contributed by atoms with Crippen molar-refractivity contribution in [1.29, 1.82) is 0 Å². The van der Waals surface area contributed by atoms with E-state index in [1.807, 2.05) is 54.6 Å². The molecule has 1 unspecified atom stereocenters. The Labute approximate surface area is 159 Å². The molecule has 0 aliphatic rings. The highest BCUT2D eigenvalue weighted by Gasteiger charge is 2.23. The Kier molecular flexibility index (Phi) is 7.37. The fourth-order valence-electron chi connectivity index (χ4n) is 2.64. The topological polar surface area (TPSA) is 87.7 Å². The molecule has 6 nitrogen and oxygen atoms in total. The first-order chi connectivity index (χ1) is 12.9. The van der Waals surface area contributed by atoms with Gasteiger partial charge in [-0.15, -0.1) is 0 Å². The number of ether oxygens (including phenoxy) is 1. The van der Waals surface area contributed by atoms with Gasteiger partial charge in [0.1, 0.15) is 5.75 Å². The molecule has 6 heteroatoms. The van der Waals surface area contributed by atoms with Crippen LogP contribution in [0.15, 0.2) is 54.6 Å². The molecule has 2 aromatic carbocycles. The Morgan fingerprint density at radius 2 is 1.59 bits per heavy atom. The van der Waals surface area contributed by atoms with E-state index in [0.717, 1.165) is 16.9 Å². The standard InChI is InChI=1S/C21H26N2O4/c1-21(26,14-17-8-10-18(27-2)11-9-17)15-23-20(25)19(24)22-13-12-16-6-4-3-5-7-16/h3-11,26H,12-15H2,1-2H3,(H,22,24)(H,23,25). The molecule has 0 aromatic heterocycles. The summed E-state index contributed by atoms with van der Waals surface area (Å²) in [5.74, 6) is -0.719. The van der Waals surface area contributed by atoms with Gasteiger partial charge in [-0.3, -0.25) is 9.59 Å². The van der Waals surface area contributed by atoms with Gasteiger partial charge in [0.05, 0.1) is 12.7 Å². The van der Waals surface area contributed by atoms with Gasteiger partial charge in [-0.25, -0.2) is 0 Å². The van der Waals surface area contributed by atoms with Crippen LogP contribution in [0, 0.1) is 0 Å². The van der Waals surface area contributed by atoms with Crippen LogP contribution in [0.25, 0.3) is 0 Å². The molecule has 27 heavy (non-hydrogen) atoms. The number of carbonyl (C=O) groups excluding carboxylic acids is 2. The lowest BCUT2D eigenvalue weighted by Gasteiger charge is -2.23. The van der Waals surface area contributed by atoms with E-state index in [1.54, 1.807) is 14.0 Å². The maximum atomic E-state index is 11.9. The van der Waals surface area contributed by atoms with E-state index in [9.17, 15) is 14.7 Å². The first-order valence-corrected chi connectivity index (χ1v) is 8.85. The molecule has 0 fully saturated rings. The molecule has 2 rings (SSSR count). The average molecular weight is 370 g/mol. The molecule has 2 aromatic rings. The Morgan fingerprint density at radius 1 is 0.963 bits per heavy atom. The van der Waals surface area contributed by atoms with Crippen LogP contribution >= 0.6 is 0 Å². The lowest BCUT2D eigenvalue weighted by Crippen LogP contribution is -2.47. The first kappa shape index (κ1) is 20.5. The molecule has 0 saturated heterocycles. The van der Waals surface area contributed by atoms with Gasteiger partial charge in [-0.05, 0) is 36.6 Å². The van der Waals surface area contributed by atoms with Gasteiger partial charge in [0, 0.05) is 19.5 Å². The summed E-state index contributed by atoms with van der Waals surface area (Å²) in [6.45, 7) is 1.97. The van der Waals surface area contributed by atoms with E-state index < -0.39 is 17.4 Å². The second-order valence-corrected chi connectivity index (χ2v) is 6.70. The van der Waals surface area contributed by atoms with Crippen LogP contribution in [0.2, 0.25) is 0 Å². The van der Waals surface area contributed by atoms with Gasteiger partial charge < -0.3 is 20.5 Å². The number of benzene rings is 2.